The molecule has 0 aliphatic rings. The monoisotopic (exact) mass is 341 g/mol. The topological polar surface area (TPSA) is 64.6 Å². The third-order valence-corrected chi connectivity index (χ3v) is 3.65. The number of anilines is 1. The Labute approximate surface area is 148 Å². The van der Waals surface area contributed by atoms with E-state index in [9.17, 15) is 9.59 Å². The second-order valence-electron chi connectivity index (χ2n) is 5.93. The maximum Gasteiger partial charge on any atom is 0.306 e. The highest BCUT2D eigenvalue weighted by atomic mass is 16.5. The fourth-order valence-corrected chi connectivity index (χ4v) is 2.50. The lowest BCUT2D eigenvalue weighted by Gasteiger charge is -2.08. The number of carbonyl (C=O) groups is 2. The number of hydrogen-bond acceptors (Lipinski definition) is 4. The molecule has 0 aliphatic heterocycles. The number of carbonyl (C=O) groups excluding carboxylic acids is 2. The molecular formula is C20H23NO4. The molecule has 0 unspecified atom stereocenters. The van der Waals surface area contributed by atoms with Gasteiger partial charge in [-0.1, -0.05) is 18.2 Å². The van der Waals surface area contributed by atoms with Crippen molar-refractivity contribution in [3.8, 4) is 5.75 Å². The molecule has 1 N–H and O–H groups in total. The fourth-order valence-electron chi connectivity index (χ4n) is 2.50. The van der Waals surface area contributed by atoms with Crippen molar-refractivity contribution in [2.75, 3.05) is 19.0 Å². The molecule has 132 valence electrons. The van der Waals surface area contributed by atoms with Crippen molar-refractivity contribution in [1.29, 1.82) is 0 Å². The Bertz CT molecular complexity index is 718. The second-order valence-corrected chi connectivity index (χ2v) is 5.93. The van der Waals surface area contributed by atoms with Gasteiger partial charge in [-0.3, -0.25) is 9.59 Å². The zero-order valence-corrected chi connectivity index (χ0v) is 14.8. The maximum absolute atomic E-state index is 11.9. The highest BCUT2D eigenvalue weighted by molar-refractivity contribution is 5.92. The minimum absolute atomic E-state index is 0.225. The largest absolute Gasteiger partial charge is 0.497 e. The van der Waals surface area contributed by atoms with E-state index in [4.69, 9.17) is 9.47 Å². The maximum atomic E-state index is 11.9. The van der Waals surface area contributed by atoms with Crippen LogP contribution in [0.4, 0.5) is 5.69 Å². The molecule has 0 aromatic heterocycles. The molecule has 5 heteroatoms. The summed E-state index contributed by atoms with van der Waals surface area (Å²) in [6.07, 6.45) is 0.782. The van der Waals surface area contributed by atoms with Crippen molar-refractivity contribution in [2.45, 2.75) is 26.7 Å². The molecule has 0 radical (unpaired) electrons. The first-order chi connectivity index (χ1) is 12.0. The molecule has 0 saturated carbocycles. The molecule has 0 bridgehead atoms. The van der Waals surface area contributed by atoms with Crippen LogP contribution in [0.2, 0.25) is 0 Å². The Morgan fingerprint density at radius 1 is 1.00 bits per heavy atom. The minimum atomic E-state index is -0.397. The highest BCUT2D eigenvalue weighted by Gasteiger charge is 2.09. The summed E-state index contributed by atoms with van der Waals surface area (Å²) in [5, 5.41) is 2.74. The molecule has 25 heavy (non-hydrogen) atoms. The standard InChI is InChI=1S/C20H23NO4/c1-14-10-15(2)12-17(11-14)21-19(22)13-25-20(23)9-6-16-4-7-18(24-3)8-5-16/h4-5,7-8,10-12H,6,9,13H2,1-3H3,(H,21,22). The molecule has 2 aromatic carbocycles. The number of aryl methyl sites for hydroxylation is 3. The normalized spacial score (nSPS) is 10.2. The molecule has 0 heterocycles. The lowest BCUT2D eigenvalue weighted by molar-refractivity contribution is -0.147. The van der Waals surface area contributed by atoms with Crippen LogP contribution in [-0.4, -0.2) is 25.6 Å². The molecule has 0 atom stereocenters. The summed E-state index contributed by atoms with van der Waals surface area (Å²) in [5.41, 5.74) is 3.84. The van der Waals surface area contributed by atoms with Crippen LogP contribution in [-0.2, 0) is 20.7 Å². The van der Waals surface area contributed by atoms with Crippen LogP contribution in [0.15, 0.2) is 42.5 Å². The summed E-state index contributed by atoms with van der Waals surface area (Å²) in [6.45, 7) is 3.64. The van der Waals surface area contributed by atoms with Crippen LogP contribution in [0.1, 0.15) is 23.1 Å². The van der Waals surface area contributed by atoms with Crippen molar-refractivity contribution in [3.05, 3.63) is 59.2 Å². The molecular weight excluding hydrogens is 318 g/mol. The summed E-state index contributed by atoms with van der Waals surface area (Å²) in [7, 11) is 1.61. The second kappa shape index (κ2) is 8.87. The van der Waals surface area contributed by atoms with Crippen molar-refractivity contribution < 1.29 is 19.1 Å². The average molecular weight is 341 g/mol. The van der Waals surface area contributed by atoms with Gasteiger partial charge in [0.1, 0.15) is 5.75 Å². The minimum Gasteiger partial charge on any atom is -0.497 e. The molecule has 5 nitrogen and oxygen atoms in total. The van der Waals surface area contributed by atoms with Gasteiger partial charge in [0.05, 0.1) is 7.11 Å². The Kier molecular flexibility index (Phi) is 6.57. The molecule has 0 spiro atoms. The predicted octanol–water partition coefficient (Wildman–Crippen LogP) is 3.43. The summed E-state index contributed by atoms with van der Waals surface area (Å²) in [4.78, 5) is 23.7. The smallest absolute Gasteiger partial charge is 0.306 e. The quantitative estimate of drug-likeness (QED) is 0.784. The van der Waals surface area contributed by atoms with Crippen LogP contribution in [0.25, 0.3) is 0 Å². The SMILES string of the molecule is COc1ccc(CCC(=O)OCC(=O)Nc2cc(C)cc(C)c2)cc1. The predicted molar refractivity (Wildman–Crippen MR) is 96.8 cm³/mol. The molecule has 2 rings (SSSR count). The number of hydrogen-bond donors (Lipinski definition) is 1. The van der Waals surface area contributed by atoms with Crippen LogP contribution in [0.3, 0.4) is 0 Å². The summed E-state index contributed by atoms with van der Waals surface area (Å²) < 4.78 is 10.1. The van der Waals surface area contributed by atoms with Gasteiger partial charge in [-0.2, -0.15) is 0 Å². The lowest BCUT2D eigenvalue weighted by atomic mass is 10.1. The summed E-state index contributed by atoms with van der Waals surface area (Å²) in [6, 6.07) is 13.3. The van der Waals surface area contributed by atoms with E-state index in [0.717, 1.165) is 22.4 Å². The third-order valence-electron chi connectivity index (χ3n) is 3.65. The van der Waals surface area contributed by atoms with Gasteiger partial charge in [0.15, 0.2) is 6.61 Å². The van der Waals surface area contributed by atoms with Gasteiger partial charge in [0, 0.05) is 12.1 Å². The highest BCUT2D eigenvalue weighted by Crippen LogP contribution is 2.14. The van der Waals surface area contributed by atoms with E-state index in [-0.39, 0.29) is 18.9 Å². The van der Waals surface area contributed by atoms with Gasteiger partial charge in [-0.15, -0.1) is 0 Å². The Hall–Kier alpha value is -2.82. The van der Waals surface area contributed by atoms with Gasteiger partial charge in [-0.25, -0.2) is 0 Å². The first kappa shape index (κ1) is 18.5. The average Bonchev–Trinajstić information content (AvgIpc) is 2.57. The molecule has 0 aliphatic carbocycles. The van der Waals surface area contributed by atoms with Gasteiger partial charge < -0.3 is 14.8 Å². The van der Waals surface area contributed by atoms with Crippen molar-refractivity contribution >= 4 is 17.6 Å². The van der Waals surface area contributed by atoms with Crippen LogP contribution in [0, 0.1) is 13.8 Å². The number of ether oxygens (including phenoxy) is 2. The summed E-state index contributed by atoms with van der Waals surface area (Å²) in [5.74, 6) is 0.0311. The van der Waals surface area contributed by atoms with E-state index in [1.165, 1.54) is 0 Å². The number of esters is 1. The number of methoxy groups -OCH3 is 1. The Balaban J connectivity index is 1.74. The number of benzene rings is 2. The van der Waals surface area contributed by atoms with E-state index in [0.29, 0.717) is 12.1 Å². The van der Waals surface area contributed by atoms with Gasteiger partial charge in [0.25, 0.3) is 5.91 Å². The van der Waals surface area contributed by atoms with E-state index in [1.54, 1.807) is 7.11 Å². The van der Waals surface area contributed by atoms with Crippen molar-refractivity contribution in [3.63, 3.8) is 0 Å². The van der Waals surface area contributed by atoms with E-state index in [2.05, 4.69) is 5.32 Å². The molecule has 0 saturated heterocycles. The number of rotatable bonds is 7. The summed E-state index contributed by atoms with van der Waals surface area (Å²) >= 11 is 0. The van der Waals surface area contributed by atoms with Crippen LogP contribution < -0.4 is 10.1 Å². The first-order valence-electron chi connectivity index (χ1n) is 8.13. The molecule has 1 amide bonds. The zero-order valence-electron chi connectivity index (χ0n) is 14.8. The van der Waals surface area contributed by atoms with E-state index in [1.807, 2.05) is 56.3 Å². The number of amides is 1. The van der Waals surface area contributed by atoms with Gasteiger partial charge in [-0.05, 0) is 61.2 Å². The first-order valence-corrected chi connectivity index (χ1v) is 8.13. The van der Waals surface area contributed by atoms with Crippen molar-refractivity contribution in [2.24, 2.45) is 0 Å². The Morgan fingerprint density at radius 2 is 1.64 bits per heavy atom. The van der Waals surface area contributed by atoms with Crippen molar-refractivity contribution in [1.82, 2.24) is 0 Å². The van der Waals surface area contributed by atoms with E-state index < -0.39 is 5.97 Å². The van der Waals surface area contributed by atoms with Crippen LogP contribution >= 0.6 is 0 Å². The molecule has 2 aromatic rings. The molecule has 0 fully saturated rings. The van der Waals surface area contributed by atoms with Crippen LogP contribution in [0.5, 0.6) is 5.75 Å². The Morgan fingerprint density at radius 3 is 2.24 bits per heavy atom. The fraction of sp³-hybridized carbons (Fsp3) is 0.300. The van der Waals surface area contributed by atoms with Gasteiger partial charge >= 0.3 is 5.97 Å². The third kappa shape index (κ3) is 6.30. The zero-order chi connectivity index (χ0) is 18.2. The lowest BCUT2D eigenvalue weighted by Crippen LogP contribution is -2.21. The number of nitrogens with one attached hydrogen (secondary N) is 1. The van der Waals surface area contributed by atoms with Gasteiger partial charge in [0.2, 0.25) is 0 Å². The van der Waals surface area contributed by atoms with E-state index >= 15 is 0 Å².